The normalized spacial score (nSPS) is 17.4. The van der Waals surface area contributed by atoms with Crippen LogP contribution in [0, 0.1) is 6.92 Å². The van der Waals surface area contributed by atoms with Gasteiger partial charge >= 0.3 is 0 Å². The lowest BCUT2D eigenvalue weighted by Crippen LogP contribution is -2.35. The number of ether oxygens (including phenoxy) is 1. The SMILES string of the molecule is COC[C@@H](C)n1c(C2CC(F)(F)C2)nc2ccc(-c3cc(C)c(=O)n(C)c3)cc21. The van der Waals surface area contributed by atoms with Crippen molar-refractivity contribution in [2.45, 2.75) is 44.6 Å². The minimum absolute atomic E-state index is 0.0261. The van der Waals surface area contributed by atoms with Crippen molar-refractivity contribution in [1.29, 1.82) is 0 Å². The van der Waals surface area contributed by atoms with Crippen LogP contribution in [0.5, 0.6) is 0 Å². The molecule has 29 heavy (non-hydrogen) atoms. The van der Waals surface area contributed by atoms with Crippen molar-refractivity contribution in [3.63, 3.8) is 0 Å². The van der Waals surface area contributed by atoms with E-state index in [0.717, 1.165) is 22.2 Å². The number of imidazole rings is 1. The molecule has 2 aromatic heterocycles. The third-order valence-electron chi connectivity index (χ3n) is 5.72. The van der Waals surface area contributed by atoms with Crippen LogP contribution < -0.4 is 5.56 Å². The molecule has 5 nitrogen and oxygen atoms in total. The lowest BCUT2D eigenvalue weighted by molar-refractivity contribution is -0.0893. The second kappa shape index (κ2) is 7.06. The van der Waals surface area contributed by atoms with Crippen molar-refractivity contribution in [3.05, 3.63) is 52.2 Å². The number of rotatable bonds is 5. The summed E-state index contributed by atoms with van der Waals surface area (Å²) in [5.41, 5.74) is 4.19. The number of aryl methyl sites for hydroxylation is 2. The lowest BCUT2D eigenvalue weighted by Gasteiger charge is -2.35. The molecule has 3 aromatic rings. The van der Waals surface area contributed by atoms with E-state index in [1.54, 1.807) is 25.6 Å². The fraction of sp³-hybridized carbons (Fsp3) is 0.455. The highest BCUT2D eigenvalue weighted by Crippen LogP contribution is 2.49. The fourth-order valence-electron chi connectivity index (χ4n) is 4.24. The van der Waals surface area contributed by atoms with E-state index in [0.29, 0.717) is 18.0 Å². The Kier molecular flexibility index (Phi) is 4.81. The van der Waals surface area contributed by atoms with Gasteiger partial charge < -0.3 is 13.9 Å². The van der Waals surface area contributed by atoms with Crippen LogP contribution in [0.3, 0.4) is 0 Å². The molecule has 154 valence electrons. The van der Waals surface area contributed by atoms with Crippen LogP contribution in [-0.2, 0) is 11.8 Å². The number of pyridine rings is 1. The Balaban J connectivity index is 1.85. The number of fused-ring (bicyclic) bond motifs is 1. The van der Waals surface area contributed by atoms with Crippen molar-refractivity contribution in [2.24, 2.45) is 7.05 Å². The molecule has 0 amide bonds. The Hall–Kier alpha value is -2.54. The van der Waals surface area contributed by atoms with E-state index in [1.165, 1.54) is 0 Å². The van der Waals surface area contributed by atoms with Crippen LogP contribution in [0.2, 0.25) is 0 Å². The van der Waals surface area contributed by atoms with E-state index in [-0.39, 0.29) is 30.4 Å². The van der Waals surface area contributed by atoms with Crippen LogP contribution >= 0.6 is 0 Å². The molecule has 0 radical (unpaired) electrons. The number of hydrogen-bond donors (Lipinski definition) is 0. The summed E-state index contributed by atoms with van der Waals surface area (Å²) in [6, 6.07) is 7.73. The van der Waals surface area contributed by atoms with Crippen LogP contribution in [0.4, 0.5) is 8.78 Å². The molecule has 0 saturated heterocycles. The number of methoxy groups -OCH3 is 1. The molecule has 0 spiro atoms. The smallest absolute Gasteiger partial charge is 0.253 e. The predicted octanol–water partition coefficient (Wildman–Crippen LogP) is 4.43. The van der Waals surface area contributed by atoms with Gasteiger partial charge in [0.05, 0.1) is 23.7 Å². The largest absolute Gasteiger partial charge is 0.383 e. The fourth-order valence-corrected chi connectivity index (χ4v) is 4.24. The third kappa shape index (κ3) is 3.48. The van der Waals surface area contributed by atoms with E-state index in [1.807, 2.05) is 42.0 Å². The van der Waals surface area contributed by atoms with Gasteiger partial charge in [-0.05, 0) is 43.2 Å². The molecule has 2 heterocycles. The molecule has 0 N–H and O–H groups in total. The summed E-state index contributed by atoms with van der Waals surface area (Å²) >= 11 is 0. The van der Waals surface area contributed by atoms with Crippen molar-refractivity contribution >= 4 is 11.0 Å². The molecule has 1 fully saturated rings. The van der Waals surface area contributed by atoms with Crippen molar-refractivity contribution in [3.8, 4) is 11.1 Å². The van der Waals surface area contributed by atoms with Gasteiger partial charge in [0.2, 0.25) is 5.92 Å². The summed E-state index contributed by atoms with van der Waals surface area (Å²) in [6.07, 6.45) is 1.48. The molecule has 7 heteroatoms. The topological polar surface area (TPSA) is 49.1 Å². The van der Waals surface area contributed by atoms with Crippen molar-refractivity contribution in [2.75, 3.05) is 13.7 Å². The van der Waals surface area contributed by atoms with Gasteiger partial charge in [-0.15, -0.1) is 0 Å². The Bertz CT molecular complexity index is 1100. The first-order valence-corrected chi connectivity index (χ1v) is 9.76. The minimum Gasteiger partial charge on any atom is -0.383 e. The standard InChI is InChI=1S/C22H25F2N3O2/c1-13-7-16(11-26(3)21(13)28)15-5-6-18-19(8-15)27(14(2)12-29-4)20(25-18)17-9-22(23,24)10-17/h5-8,11,14,17H,9-10,12H2,1-4H3/t14-/m1/s1. The molecule has 1 atom stereocenters. The van der Waals surface area contributed by atoms with Gasteiger partial charge in [0.15, 0.2) is 0 Å². The predicted molar refractivity (Wildman–Crippen MR) is 109 cm³/mol. The Morgan fingerprint density at radius 1 is 1.28 bits per heavy atom. The summed E-state index contributed by atoms with van der Waals surface area (Å²) in [5.74, 6) is -2.15. The first kappa shape index (κ1) is 19.8. The van der Waals surface area contributed by atoms with Gasteiger partial charge in [-0.3, -0.25) is 4.79 Å². The first-order chi connectivity index (χ1) is 13.7. The van der Waals surface area contributed by atoms with E-state index in [2.05, 4.69) is 0 Å². The summed E-state index contributed by atoms with van der Waals surface area (Å²) in [4.78, 5) is 16.7. The molecular weight excluding hydrogens is 376 g/mol. The average Bonchev–Trinajstić information content (AvgIpc) is 3.02. The van der Waals surface area contributed by atoms with Crippen LogP contribution in [0.25, 0.3) is 22.2 Å². The highest BCUT2D eigenvalue weighted by Gasteiger charge is 2.48. The van der Waals surface area contributed by atoms with Gasteiger partial charge in [-0.25, -0.2) is 13.8 Å². The van der Waals surface area contributed by atoms with Gasteiger partial charge in [0, 0.05) is 44.7 Å². The van der Waals surface area contributed by atoms with Gasteiger partial charge in [0.1, 0.15) is 5.82 Å². The summed E-state index contributed by atoms with van der Waals surface area (Å²) < 4.78 is 36.0. The first-order valence-electron chi connectivity index (χ1n) is 9.76. The number of hydrogen-bond acceptors (Lipinski definition) is 3. The zero-order valence-electron chi connectivity index (χ0n) is 17.1. The second-order valence-corrected chi connectivity index (χ2v) is 8.14. The second-order valence-electron chi connectivity index (χ2n) is 8.14. The van der Waals surface area contributed by atoms with Crippen LogP contribution in [0.1, 0.15) is 43.1 Å². The monoisotopic (exact) mass is 401 g/mol. The highest BCUT2D eigenvalue weighted by atomic mass is 19.3. The molecule has 0 unspecified atom stereocenters. The molecule has 0 aliphatic heterocycles. The van der Waals surface area contributed by atoms with E-state index < -0.39 is 5.92 Å². The molecular formula is C22H25F2N3O2. The van der Waals surface area contributed by atoms with Gasteiger partial charge in [0.25, 0.3) is 5.56 Å². The quantitative estimate of drug-likeness (QED) is 0.635. The maximum atomic E-state index is 13.5. The van der Waals surface area contributed by atoms with Crippen molar-refractivity contribution < 1.29 is 13.5 Å². The third-order valence-corrected chi connectivity index (χ3v) is 5.72. The average molecular weight is 401 g/mol. The van der Waals surface area contributed by atoms with Gasteiger partial charge in [-0.2, -0.15) is 0 Å². The molecule has 1 aromatic carbocycles. The van der Waals surface area contributed by atoms with Crippen LogP contribution in [0.15, 0.2) is 35.3 Å². The number of alkyl halides is 2. The number of benzene rings is 1. The molecule has 1 aliphatic carbocycles. The molecule has 1 aliphatic rings. The lowest BCUT2D eigenvalue weighted by atomic mass is 9.80. The number of nitrogens with zero attached hydrogens (tertiary/aromatic N) is 3. The maximum Gasteiger partial charge on any atom is 0.253 e. The molecule has 1 saturated carbocycles. The number of halogens is 2. The van der Waals surface area contributed by atoms with Crippen molar-refractivity contribution in [1.82, 2.24) is 14.1 Å². The molecule has 4 rings (SSSR count). The Labute approximate surface area is 167 Å². The summed E-state index contributed by atoms with van der Waals surface area (Å²) in [7, 11) is 3.36. The van der Waals surface area contributed by atoms with Gasteiger partial charge in [-0.1, -0.05) is 6.07 Å². The summed E-state index contributed by atoms with van der Waals surface area (Å²) in [6.45, 7) is 4.27. The number of aromatic nitrogens is 3. The molecule has 0 bridgehead atoms. The van der Waals surface area contributed by atoms with E-state index in [4.69, 9.17) is 9.72 Å². The highest BCUT2D eigenvalue weighted by molar-refractivity contribution is 5.83. The Morgan fingerprint density at radius 2 is 2.00 bits per heavy atom. The summed E-state index contributed by atoms with van der Waals surface area (Å²) in [5, 5.41) is 0. The zero-order valence-corrected chi connectivity index (χ0v) is 17.1. The maximum absolute atomic E-state index is 13.5. The Morgan fingerprint density at radius 3 is 2.62 bits per heavy atom. The minimum atomic E-state index is -2.60. The zero-order chi connectivity index (χ0) is 20.9. The van der Waals surface area contributed by atoms with E-state index in [9.17, 15) is 13.6 Å². The van der Waals surface area contributed by atoms with E-state index >= 15 is 0 Å². The van der Waals surface area contributed by atoms with Crippen LogP contribution in [-0.4, -0.2) is 33.8 Å².